The number of carboxylic acid groups (broad SMARTS) is 1. The van der Waals surface area contributed by atoms with Gasteiger partial charge in [-0.1, -0.05) is 23.7 Å². The van der Waals surface area contributed by atoms with E-state index in [1.165, 1.54) is 0 Å². The third-order valence-corrected chi connectivity index (χ3v) is 3.24. The summed E-state index contributed by atoms with van der Waals surface area (Å²) in [6, 6.07) is 5.71. The average Bonchev–Trinajstić information content (AvgIpc) is 2.63. The number of carbonyl (C=O) groups excluding carboxylic acids is 2. The molecule has 0 saturated carbocycles. The van der Waals surface area contributed by atoms with Gasteiger partial charge in [-0.3, -0.25) is 14.9 Å². The normalized spacial score (nSPS) is 21.9. The summed E-state index contributed by atoms with van der Waals surface area (Å²) in [7, 11) is 0. The number of benzene rings is 1. The lowest BCUT2D eigenvalue weighted by Gasteiger charge is -2.25. The van der Waals surface area contributed by atoms with Gasteiger partial charge < -0.3 is 10.4 Å². The standard InChI is InChI=1S/C12H11ClN2O4/c13-8-3-1-7(2-4-8)12(6-5-9(16)17)10(18)14-11(19)15-12/h1-4H,5-6H2,(H,16,17)(H2,14,15,18,19). The monoisotopic (exact) mass is 282 g/mol. The lowest BCUT2D eigenvalue weighted by molar-refractivity contribution is -0.137. The summed E-state index contributed by atoms with van der Waals surface area (Å²) >= 11 is 5.77. The first-order valence-corrected chi connectivity index (χ1v) is 5.93. The lowest BCUT2D eigenvalue weighted by atomic mass is 9.85. The van der Waals surface area contributed by atoms with Gasteiger partial charge in [0.2, 0.25) is 0 Å². The summed E-state index contributed by atoms with van der Waals surface area (Å²) in [4.78, 5) is 34.0. The molecule has 1 aliphatic rings. The number of urea groups is 1. The fraction of sp³-hybridized carbons (Fsp3) is 0.250. The molecule has 2 rings (SSSR count). The molecule has 100 valence electrons. The van der Waals surface area contributed by atoms with Crippen molar-refractivity contribution in [3.63, 3.8) is 0 Å². The van der Waals surface area contributed by atoms with Gasteiger partial charge in [0, 0.05) is 11.4 Å². The van der Waals surface area contributed by atoms with Crippen LogP contribution in [-0.2, 0) is 15.1 Å². The minimum atomic E-state index is -1.35. The van der Waals surface area contributed by atoms with Gasteiger partial charge in [-0.15, -0.1) is 0 Å². The maximum absolute atomic E-state index is 12.0. The molecule has 0 radical (unpaired) electrons. The fourth-order valence-electron chi connectivity index (χ4n) is 2.04. The molecule has 6 nitrogen and oxygen atoms in total. The Morgan fingerprint density at radius 1 is 1.26 bits per heavy atom. The van der Waals surface area contributed by atoms with Crippen LogP contribution in [0.3, 0.4) is 0 Å². The molecule has 0 aliphatic carbocycles. The van der Waals surface area contributed by atoms with E-state index in [9.17, 15) is 14.4 Å². The van der Waals surface area contributed by atoms with Crippen LogP contribution < -0.4 is 10.6 Å². The Balaban J connectivity index is 2.39. The summed E-state index contributed by atoms with van der Waals surface area (Å²) in [6.07, 6.45) is -0.266. The van der Waals surface area contributed by atoms with E-state index in [-0.39, 0.29) is 12.8 Å². The minimum absolute atomic E-state index is 0.0263. The quantitative estimate of drug-likeness (QED) is 0.724. The number of carbonyl (C=O) groups is 3. The number of imide groups is 1. The zero-order valence-electron chi connectivity index (χ0n) is 9.77. The van der Waals surface area contributed by atoms with Gasteiger partial charge >= 0.3 is 12.0 Å². The zero-order chi connectivity index (χ0) is 14.0. The largest absolute Gasteiger partial charge is 0.481 e. The van der Waals surface area contributed by atoms with Crippen LogP contribution in [-0.4, -0.2) is 23.0 Å². The first-order valence-electron chi connectivity index (χ1n) is 5.55. The van der Waals surface area contributed by atoms with Crippen LogP contribution >= 0.6 is 11.6 Å². The number of nitrogens with one attached hydrogen (secondary N) is 2. The molecule has 0 bridgehead atoms. The summed E-state index contributed by atoms with van der Waals surface area (Å²) in [5.74, 6) is -1.59. The predicted molar refractivity (Wildman–Crippen MR) is 66.7 cm³/mol. The van der Waals surface area contributed by atoms with Gasteiger partial charge in [-0.05, 0) is 24.1 Å². The van der Waals surface area contributed by atoms with Gasteiger partial charge in [0.15, 0.2) is 0 Å². The third-order valence-electron chi connectivity index (χ3n) is 2.99. The van der Waals surface area contributed by atoms with E-state index in [0.717, 1.165) is 0 Å². The molecule has 1 saturated heterocycles. The second kappa shape index (κ2) is 4.89. The van der Waals surface area contributed by atoms with Gasteiger partial charge in [0.05, 0.1) is 0 Å². The molecular weight excluding hydrogens is 272 g/mol. The number of aliphatic carboxylic acids is 1. The van der Waals surface area contributed by atoms with E-state index in [2.05, 4.69) is 10.6 Å². The second-order valence-electron chi connectivity index (χ2n) is 4.21. The van der Waals surface area contributed by atoms with Crippen LogP contribution in [0.15, 0.2) is 24.3 Å². The SMILES string of the molecule is O=C(O)CCC1(c2ccc(Cl)cc2)NC(=O)NC1=O. The third kappa shape index (κ3) is 2.53. The van der Waals surface area contributed by atoms with Crippen LogP contribution in [0.1, 0.15) is 18.4 Å². The molecule has 1 fully saturated rings. The predicted octanol–water partition coefficient (Wildman–Crippen LogP) is 1.24. The Morgan fingerprint density at radius 3 is 2.37 bits per heavy atom. The van der Waals surface area contributed by atoms with Crippen LogP contribution in [0.5, 0.6) is 0 Å². The molecule has 3 amide bonds. The number of halogens is 1. The minimum Gasteiger partial charge on any atom is -0.481 e. The van der Waals surface area contributed by atoms with Gasteiger partial charge in [-0.25, -0.2) is 4.79 Å². The fourth-order valence-corrected chi connectivity index (χ4v) is 2.17. The van der Waals surface area contributed by atoms with E-state index >= 15 is 0 Å². The molecule has 1 aliphatic heterocycles. The lowest BCUT2D eigenvalue weighted by Crippen LogP contribution is -2.44. The maximum atomic E-state index is 12.0. The highest BCUT2D eigenvalue weighted by atomic mass is 35.5. The van der Waals surface area contributed by atoms with E-state index < -0.39 is 23.4 Å². The summed E-state index contributed by atoms with van der Waals surface area (Å²) in [5.41, 5.74) is -0.846. The zero-order valence-corrected chi connectivity index (χ0v) is 10.5. The van der Waals surface area contributed by atoms with Gasteiger partial charge in [-0.2, -0.15) is 0 Å². The summed E-state index contributed by atoms with van der Waals surface area (Å²) < 4.78 is 0. The van der Waals surface area contributed by atoms with Crippen molar-refractivity contribution in [2.45, 2.75) is 18.4 Å². The van der Waals surface area contributed by atoms with Crippen molar-refractivity contribution < 1.29 is 19.5 Å². The van der Waals surface area contributed by atoms with E-state index in [1.54, 1.807) is 24.3 Å². The molecule has 3 N–H and O–H groups in total. The molecule has 0 aromatic heterocycles. The van der Waals surface area contributed by atoms with Crippen molar-refractivity contribution in [3.05, 3.63) is 34.9 Å². The van der Waals surface area contributed by atoms with Crippen molar-refractivity contribution in [3.8, 4) is 0 Å². The topological polar surface area (TPSA) is 95.5 Å². The Labute approximate surface area is 113 Å². The molecule has 1 aromatic carbocycles. The highest BCUT2D eigenvalue weighted by Crippen LogP contribution is 2.30. The molecular formula is C12H11ClN2O4. The van der Waals surface area contributed by atoms with E-state index in [4.69, 9.17) is 16.7 Å². The molecule has 0 spiro atoms. The van der Waals surface area contributed by atoms with E-state index in [0.29, 0.717) is 10.6 Å². The Bertz CT molecular complexity index is 543. The smallest absolute Gasteiger partial charge is 0.322 e. The highest BCUT2D eigenvalue weighted by molar-refractivity contribution is 6.30. The summed E-state index contributed by atoms with van der Waals surface area (Å²) in [6.45, 7) is 0. The Morgan fingerprint density at radius 2 is 1.89 bits per heavy atom. The number of carboxylic acids is 1. The molecule has 1 unspecified atom stereocenters. The van der Waals surface area contributed by atoms with E-state index in [1.807, 2.05) is 0 Å². The number of hydrogen-bond acceptors (Lipinski definition) is 3. The van der Waals surface area contributed by atoms with Crippen molar-refractivity contribution in [1.29, 1.82) is 0 Å². The van der Waals surface area contributed by atoms with Crippen molar-refractivity contribution in [2.75, 3.05) is 0 Å². The average molecular weight is 283 g/mol. The molecule has 19 heavy (non-hydrogen) atoms. The van der Waals surface area contributed by atoms with Gasteiger partial charge in [0.1, 0.15) is 5.54 Å². The van der Waals surface area contributed by atoms with Crippen LogP contribution in [0.4, 0.5) is 4.79 Å². The number of hydrogen-bond donors (Lipinski definition) is 3. The summed E-state index contributed by atoms with van der Waals surface area (Å²) in [5, 5.41) is 13.9. The molecule has 1 aromatic rings. The Hall–Kier alpha value is -2.08. The van der Waals surface area contributed by atoms with Crippen LogP contribution in [0, 0.1) is 0 Å². The first-order chi connectivity index (χ1) is 8.94. The maximum Gasteiger partial charge on any atom is 0.322 e. The van der Waals surface area contributed by atoms with Gasteiger partial charge in [0.25, 0.3) is 5.91 Å². The van der Waals surface area contributed by atoms with Crippen molar-refractivity contribution in [1.82, 2.24) is 10.6 Å². The van der Waals surface area contributed by atoms with Crippen molar-refractivity contribution >= 4 is 29.5 Å². The Kier molecular flexibility index (Phi) is 3.44. The van der Waals surface area contributed by atoms with Crippen LogP contribution in [0.2, 0.25) is 5.02 Å². The number of rotatable bonds is 4. The second-order valence-corrected chi connectivity index (χ2v) is 4.65. The highest BCUT2D eigenvalue weighted by Gasteiger charge is 2.47. The molecule has 1 atom stereocenters. The molecule has 1 heterocycles. The van der Waals surface area contributed by atoms with Crippen molar-refractivity contribution in [2.24, 2.45) is 0 Å². The van der Waals surface area contributed by atoms with Crippen LogP contribution in [0.25, 0.3) is 0 Å². The first kappa shape index (κ1) is 13.4. The molecule has 7 heteroatoms. The number of amides is 3.